The second kappa shape index (κ2) is 7.16. The summed E-state index contributed by atoms with van der Waals surface area (Å²) in [4.78, 5) is 0. The molecular weight excluding hydrogens is 558 g/mol. The van der Waals surface area contributed by atoms with Gasteiger partial charge in [0.05, 0.1) is 10.0 Å². The van der Waals surface area contributed by atoms with Crippen molar-refractivity contribution >= 4 is 54.2 Å². The van der Waals surface area contributed by atoms with Crippen molar-refractivity contribution < 1.29 is 46.4 Å². The first-order valence-corrected chi connectivity index (χ1v) is 11.3. The molecule has 0 atom stereocenters. The van der Waals surface area contributed by atoms with Crippen LogP contribution in [0.2, 0.25) is 20.1 Å². The molecule has 0 spiro atoms. The molecule has 12 heteroatoms. The van der Waals surface area contributed by atoms with Crippen molar-refractivity contribution in [2.45, 2.75) is 0 Å². The Balaban J connectivity index is 0.000000351. The molecule has 0 aromatic heterocycles. The van der Waals surface area contributed by atoms with Crippen LogP contribution in [0.3, 0.4) is 0 Å². The molecule has 0 fully saturated rings. The third-order valence-electron chi connectivity index (χ3n) is 1.97. The average Bonchev–Trinajstić information content (AvgIpc) is 2.31. The first-order valence-electron chi connectivity index (χ1n) is 5.62. The normalized spacial score (nSPS) is 14.2. The molecule has 0 N–H and O–H groups in total. The molecule has 2 rings (SSSR count). The van der Waals surface area contributed by atoms with Crippen molar-refractivity contribution in [3.63, 3.8) is 0 Å². The SMILES string of the molecule is Clc1ccc([I+]c2ccc(Cl)cc2Cl)c(Cl)c1.F[P-](F)(F)(F)(F)F. The Morgan fingerprint density at radius 3 is 1.17 bits per heavy atom. The fraction of sp³-hybridized carbons (Fsp3) is 0. The van der Waals surface area contributed by atoms with E-state index in [-0.39, 0.29) is 0 Å². The summed E-state index contributed by atoms with van der Waals surface area (Å²) in [5, 5.41) is 2.67. The Kier molecular flexibility index (Phi) is 6.68. The number of halogens is 11. The first kappa shape index (κ1) is 22.4. The van der Waals surface area contributed by atoms with Gasteiger partial charge in [-0.05, 0) is 36.4 Å². The van der Waals surface area contributed by atoms with Crippen molar-refractivity contribution in [3.05, 3.63) is 63.6 Å². The van der Waals surface area contributed by atoms with E-state index >= 15 is 0 Å². The van der Waals surface area contributed by atoms with Gasteiger partial charge < -0.3 is 0 Å². The molecule has 0 saturated carbocycles. The zero-order valence-electron chi connectivity index (χ0n) is 11.1. The van der Waals surface area contributed by atoms with Gasteiger partial charge >= 0.3 is 54.2 Å². The topological polar surface area (TPSA) is 0 Å². The maximum atomic E-state index is 9.87. The van der Waals surface area contributed by atoms with Gasteiger partial charge in [-0.25, -0.2) is 0 Å². The molecule has 0 aliphatic rings. The fourth-order valence-corrected chi connectivity index (χ4v) is 4.67. The Bertz CT molecular complexity index is 690. The van der Waals surface area contributed by atoms with E-state index in [1.165, 1.54) is 0 Å². The number of hydrogen-bond donors (Lipinski definition) is 0. The van der Waals surface area contributed by atoms with Crippen molar-refractivity contribution in [1.82, 2.24) is 0 Å². The van der Waals surface area contributed by atoms with Crippen molar-refractivity contribution in [1.29, 1.82) is 0 Å². The minimum atomic E-state index is -10.7. The summed E-state index contributed by atoms with van der Waals surface area (Å²) in [6.07, 6.45) is 0. The average molecular weight is 564 g/mol. The molecule has 0 aliphatic heterocycles. The van der Waals surface area contributed by atoms with Crippen LogP contribution in [0.5, 0.6) is 0 Å². The number of benzene rings is 2. The van der Waals surface area contributed by atoms with Crippen LogP contribution in [0.4, 0.5) is 25.2 Å². The van der Waals surface area contributed by atoms with Gasteiger partial charge in [0.15, 0.2) is 0 Å². The predicted molar refractivity (Wildman–Crippen MR) is 83.9 cm³/mol. The molecule has 0 radical (unpaired) electrons. The summed E-state index contributed by atoms with van der Waals surface area (Å²) >= 11 is 23.6. The van der Waals surface area contributed by atoms with Crippen LogP contribution in [-0.4, -0.2) is 0 Å². The second-order valence-electron chi connectivity index (χ2n) is 4.17. The fourth-order valence-electron chi connectivity index (χ4n) is 1.20. The van der Waals surface area contributed by atoms with E-state index in [1.807, 2.05) is 24.3 Å². The van der Waals surface area contributed by atoms with Gasteiger partial charge in [-0.15, -0.1) is 0 Å². The molecule has 24 heavy (non-hydrogen) atoms. The quantitative estimate of drug-likeness (QED) is 0.187. The van der Waals surface area contributed by atoms with Crippen molar-refractivity contribution in [2.24, 2.45) is 0 Å². The Morgan fingerprint density at radius 2 is 0.917 bits per heavy atom. The number of rotatable bonds is 2. The van der Waals surface area contributed by atoms with Gasteiger partial charge in [-0.3, -0.25) is 0 Å². The zero-order valence-corrected chi connectivity index (χ0v) is 17.1. The van der Waals surface area contributed by atoms with Crippen LogP contribution in [0, 0.1) is 7.14 Å². The van der Waals surface area contributed by atoms with Crippen LogP contribution in [0.25, 0.3) is 0 Å². The van der Waals surface area contributed by atoms with Gasteiger partial charge in [0, 0.05) is 10.0 Å². The third kappa shape index (κ3) is 11.1. The van der Waals surface area contributed by atoms with Gasteiger partial charge in [-0.2, -0.15) is 0 Å². The van der Waals surface area contributed by atoms with E-state index < -0.39 is 29.0 Å². The summed E-state index contributed by atoms with van der Waals surface area (Å²) in [7, 11) is -10.7. The van der Waals surface area contributed by atoms with Crippen LogP contribution >= 0.6 is 54.2 Å². The molecule has 2 aromatic rings. The standard InChI is InChI=1S/C12H6Cl4I.F6P/c13-7-1-3-11(9(15)5-7)17-12-4-2-8(14)6-10(12)16;1-7(2,3,4,5)6/h1-6H;/q+1;-1. The third-order valence-corrected chi connectivity index (χ3v) is 6.74. The van der Waals surface area contributed by atoms with E-state index in [1.54, 1.807) is 12.1 Å². The van der Waals surface area contributed by atoms with Crippen LogP contribution in [0.1, 0.15) is 0 Å². The molecule has 0 saturated heterocycles. The predicted octanol–water partition coefficient (Wildman–Crippen LogP) is 5.81. The summed E-state index contributed by atoms with van der Waals surface area (Å²) in [6.45, 7) is 0. The monoisotopic (exact) mass is 562 g/mol. The van der Waals surface area contributed by atoms with Crippen molar-refractivity contribution in [2.75, 3.05) is 0 Å². The molecular formula is C12H6Cl4F6IP. The van der Waals surface area contributed by atoms with E-state index in [2.05, 4.69) is 0 Å². The van der Waals surface area contributed by atoms with Crippen LogP contribution in [-0.2, 0) is 0 Å². The number of hydrogen-bond acceptors (Lipinski definition) is 0. The van der Waals surface area contributed by atoms with Crippen LogP contribution < -0.4 is 21.2 Å². The molecule has 0 unspecified atom stereocenters. The summed E-state index contributed by atoms with van der Waals surface area (Å²) < 4.78 is 61.4. The van der Waals surface area contributed by atoms with Crippen LogP contribution in [0.15, 0.2) is 36.4 Å². The Morgan fingerprint density at radius 1 is 0.625 bits per heavy atom. The minimum absolute atomic E-state index is 0.421. The summed E-state index contributed by atoms with van der Waals surface area (Å²) in [5.74, 6) is 0. The van der Waals surface area contributed by atoms with E-state index in [4.69, 9.17) is 46.4 Å². The van der Waals surface area contributed by atoms with E-state index in [9.17, 15) is 25.2 Å². The van der Waals surface area contributed by atoms with Gasteiger partial charge in [0.2, 0.25) is 7.14 Å². The molecule has 0 nitrogen and oxygen atoms in total. The summed E-state index contributed by atoms with van der Waals surface area (Å²) in [5.41, 5.74) is 0. The molecule has 0 heterocycles. The van der Waals surface area contributed by atoms with Gasteiger partial charge in [-0.1, -0.05) is 46.4 Å². The summed E-state index contributed by atoms with van der Waals surface area (Å²) in [6, 6.07) is 11.1. The van der Waals surface area contributed by atoms with Crippen molar-refractivity contribution in [3.8, 4) is 0 Å². The Labute approximate surface area is 163 Å². The van der Waals surface area contributed by atoms with E-state index in [0.717, 1.165) is 7.14 Å². The maximum absolute atomic E-state index is 10.7. The first-order chi connectivity index (χ1) is 10.5. The molecule has 136 valence electrons. The molecule has 0 bridgehead atoms. The second-order valence-corrected chi connectivity index (χ2v) is 10.6. The zero-order chi connectivity index (χ0) is 18.8. The Hall–Kier alpha value is 0.340. The molecule has 0 amide bonds. The van der Waals surface area contributed by atoms with E-state index in [0.29, 0.717) is 20.1 Å². The van der Waals surface area contributed by atoms with Gasteiger partial charge in [0.25, 0.3) is 0 Å². The molecule has 2 aromatic carbocycles. The van der Waals surface area contributed by atoms with Gasteiger partial charge in [0.1, 0.15) is 0 Å². The molecule has 0 aliphatic carbocycles.